The smallest absolute Gasteiger partial charge is 0.139 e. The van der Waals surface area contributed by atoms with Crippen LogP contribution in [0.4, 0.5) is 0 Å². The van der Waals surface area contributed by atoms with Crippen LogP contribution in [0.3, 0.4) is 0 Å². The molecule has 1 atom stereocenters. The number of hydrogen-bond acceptors (Lipinski definition) is 3. The van der Waals surface area contributed by atoms with E-state index in [1.807, 2.05) is 7.05 Å². The van der Waals surface area contributed by atoms with Gasteiger partial charge in [-0.1, -0.05) is 32.9 Å². The van der Waals surface area contributed by atoms with Gasteiger partial charge in [0.15, 0.2) is 0 Å². The zero-order valence-corrected chi connectivity index (χ0v) is 11.5. The van der Waals surface area contributed by atoms with Gasteiger partial charge in [-0.05, 0) is 17.8 Å². The van der Waals surface area contributed by atoms with Gasteiger partial charge in [0, 0.05) is 19.7 Å². The molecule has 4 heteroatoms. The lowest BCUT2D eigenvalue weighted by molar-refractivity contribution is -0.119. The van der Waals surface area contributed by atoms with Gasteiger partial charge >= 0.3 is 0 Å². The van der Waals surface area contributed by atoms with Crippen LogP contribution < -0.4 is 0 Å². The number of rotatable bonds is 5. The monoisotopic (exact) mass is 237 g/mol. The number of nitrogens with zero attached hydrogens (tertiary/aromatic N) is 3. The van der Waals surface area contributed by atoms with Crippen LogP contribution in [0.15, 0.2) is 6.20 Å². The molecule has 1 unspecified atom stereocenters. The van der Waals surface area contributed by atoms with Gasteiger partial charge in [0.1, 0.15) is 5.78 Å². The van der Waals surface area contributed by atoms with Gasteiger partial charge in [-0.15, -0.1) is 5.10 Å². The van der Waals surface area contributed by atoms with Crippen molar-refractivity contribution in [2.75, 3.05) is 0 Å². The first-order chi connectivity index (χ1) is 7.76. The highest BCUT2D eigenvalue weighted by Crippen LogP contribution is 2.26. The van der Waals surface area contributed by atoms with Crippen LogP contribution in [-0.2, 0) is 18.3 Å². The minimum absolute atomic E-state index is 0.252. The summed E-state index contributed by atoms with van der Waals surface area (Å²) in [5, 5.41) is 7.75. The maximum Gasteiger partial charge on any atom is 0.139 e. The molecule has 0 fully saturated rings. The molecule has 0 spiro atoms. The molecule has 1 aromatic heterocycles. The molecule has 0 aliphatic rings. The van der Waals surface area contributed by atoms with Crippen molar-refractivity contribution in [3.8, 4) is 0 Å². The van der Waals surface area contributed by atoms with Crippen molar-refractivity contribution in [2.24, 2.45) is 18.4 Å². The van der Waals surface area contributed by atoms with Gasteiger partial charge in [-0.2, -0.15) is 0 Å². The van der Waals surface area contributed by atoms with E-state index in [2.05, 4.69) is 38.0 Å². The van der Waals surface area contributed by atoms with E-state index in [1.54, 1.807) is 10.9 Å². The van der Waals surface area contributed by atoms with Crippen LogP contribution in [-0.4, -0.2) is 20.8 Å². The summed E-state index contributed by atoms with van der Waals surface area (Å²) >= 11 is 0. The van der Waals surface area contributed by atoms with Gasteiger partial charge in [0.05, 0.1) is 12.1 Å². The fraction of sp³-hybridized carbons (Fsp3) is 0.769. The molecule has 1 heterocycles. The topological polar surface area (TPSA) is 47.8 Å². The molecule has 96 valence electrons. The Bertz CT molecular complexity index is 376. The van der Waals surface area contributed by atoms with E-state index < -0.39 is 0 Å². The summed E-state index contributed by atoms with van der Waals surface area (Å²) in [6.07, 6.45) is 3.90. The minimum atomic E-state index is 0.252. The Morgan fingerprint density at radius 3 is 2.59 bits per heavy atom. The van der Waals surface area contributed by atoms with Gasteiger partial charge in [-0.3, -0.25) is 9.48 Å². The maximum absolute atomic E-state index is 11.8. The lowest BCUT2D eigenvalue weighted by atomic mass is 9.83. The van der Waals surface area contributed by atoms with Crippen molar-refractivity contribution < 1.29 is 4.79 Å². The first kappa shape index (κ1) is 13.9. The number of carbonyl (C=O) groups is 1. The highest BCUT2D eigenvalue weighted by atomic mass is 16.1. The highest BCUT2D eigenvalue weighted by Gasteiger charge is 2.18. The summed E-state index contributed by atoms with van der Waals surface area (Å²) in [6.45, 7) is 8.75. The Balaban J connectivity index is 2.39. The normalized spacial score (nSPS) is 13.7. The van der Waals surface area contributed by atoms with Gasteiger partial charge in [-0.25, -0.2) is 0 Å². The fourth-order valence-electron chi connectivity index (χ4n) is 2.26. The second-order valence-corrected chi connectivity index (χ2v) is 6.17. The average Bonchev–Trinajstić information content (AvgIpc) is 2.46. The average molecular weight is 237 g/mol. The molecule has 1 rings (SSSR count). The van der Waals surface area contributed by atoms with Crippen LogP contribution in [0.2, 0.25) is 0 Å². The number of carbonyl (C=O) groups excluding carboxylic acids is 1. The molecule has 0 amide bonds. The van der Waals surface area contributed by atoms with E-state index in [0.29, 0.717) is 18.8 Å². The zero-order valence-electron chi connectivity index (χ0n) is 11.5. The van der Waals surface area contributed by atoms with E-state index in [1.165, 1.54) is 0 Å². The number of ketones is 1. The van der Waals surface area contributed by atoms with Crippen molar-refractivity contribution in [2.45, 2.75) is 47.0 Å². The SMILES string of the molecule is CC(CC(=O)Cc1cn(C)nn1)CC(C)(C)C. The Morgan fingerprint density at radius 1 is 1.47 bits per heavy atom. The Kier molecular flexibility index (Phi) is 4.43. The molecule has 0 N–H and O–H groups in total. The molecule has 4 nitrogen and oxygen atoms in total. The number of aromatic nitrogens is 3. The van der Waals surface area contributed by atoms with Gasteiger partial charge in [0.2, 0.25) is 0 Å². The quantitative estimate of drug-likeness (QED) is 0.790. The van der Waals surface area contributed by atoms with Crippen molar-refractivity contribution in [3.05, 3.63) is 11.9 Å². The molecule has 17 heavy (non-hydrogen) atoms. The predicted molar refractivity (Wildman–Crippen MR) is 67.6 cm³/mol. The fourth-order valence-corrected chi connectivity index (χ4v) is 2.26. The highest BCUT2D eigenvalue weighted by molar-refractivity contribution is 5.80. The first-order valence-corrected chi connectivity index (χ1v) is 6.13. The van der Waals surface area contributed by atoms with E-state index in [-0.39, 0.29) is 11.2 Å². The molecule has 0 aliphatic heterocycles. The van der Waals surface area contributed by atoms with Crippen molar-refractivity contribution in [1.82, 2.24) is 15.0 Å². The van der Waals surface area contributed by atoms with Crippen molar-refractivity contribution in [1.29, 1.82) is 0 Å². The molecular weight excluding hydrogens is 214 g/mol. The Labute approximate surface area is 103 Å². The van der Waals surface area contributed by atoms with Gasteiger partial charge in [0.25, 0.3) is 0 Å². The third kappa shape index (κ3) is 5.61. The van der Waals surface area contributed by atoms with Crippen molar-refractivity contribution in [3.63, 3.8) is 0 Å². The summed E-state index contributed by atoms with van der Waals surface area (Å²) < 4.78 is 1.63. The summed E-state index contributed by atoms with van der Waals surface area (Å²) in [5.74, 6) is 0.682. The molecule has 0 saturated heterocycles. The molecular formula is C13H23N3O. The Hall–Kier alpha value is -1.19. The zero-order chi connectivity index (χ0) is 13.1. The third-order valence-electron chi connectivity index (χ3n) is 2.57. The molecule has 0 radical (unpaired) electrons. The molecule has 0 bridgehead atoms. The Morgan fingerprint density at radius 2 is 2.12 bits per heavy atom. The minimum Gasteiger partial charge on any atom is -0.299 e. The number of aryl methyl sites for hydroxylation is 1. The molecule has 0 aromatic carbocycles. The van der Waals surface area contributed by atoms with Crippen LogP contribution in [0.1, 0.15) is 46.2 Å². The number of Topliss-reactive ketones (excluding diaryl/α,β-unsaturated/α-hetero) is 1. The largest absolute Gasteiger partial charge is 0.299 e. The lowest BCUT2D eigenvalue weighted by Gasteiger charge is -2.22. The van der Waals surface area contributed by atoms with Crippen LogP contribution in [0.25, 0.3) is 0 Å². The van der Waals surface area contributed by atoms with Crippen molar-refractivity contribution >= 4 is 5.78 Å². The van der Waals surface area contributed by atoms with Crippen LogP contribution in [0.5, 0.6) is 0 Å². The molecule has 1 aromatic rings. The lowest BCUT2D eigenvalue weighted by Crippen LogP contribution is -2.15. The summed E-state index contributed by atoms with van der Waals surface area (Å²) in [7, 11) is 1.81. The van der Waals surface area contributed by atoms with Crippen LogP contribution in [0, 0.1) is 11.3 Å². The molecule has 0 aliphatic carbocycles. The van der Waals surface area contributed by atoms with E-state index in [4.69, 9.17) is 0 Å². The summed E-state index contributed by atoms with van der Waals surface area (Å²) in [5.41, 5.74) is 1.05. The summed E-state index contributed by atoms with van der Waals surface area (Å²) in [6, 6.07) is 0. The third-order valence-corrected chi connectivity index (χ3v) is 2.57. The first-order valence-electron chi connectivity index (χ1n) is 6.13. The predicted octanol–water partition coefficient (Wildman–Crippen LogP) is 2.39. The standard InChI is InChI=1S/C13H23N3O/c1-10(8-13(2,3)4)6-12(17)7-11-9-16(5)15-14-11/h9-10H,6-8H2,1-5H3. The van der Waals surface area contributed by atoms with E-state index in [9.17, 15) is 4.79 Å². The second-order valence-electron chi connectivity index (χ2n) is 6.17. The molecule has 0 saturated carbocycles. The second kappa shape index (κ2) is 5.43. The van der Waals surface area contributed by atoms with E-state index in [0.717, 1.165) is 12.1 Å². The maximum atomic E-state index is 11.8. The summed E-state index contributed by atoms with van der Waals surface area (Å²) in [4.78, 5) is 11.8. The van der Waals surface area contributed by atoms with Crippen LogP contribution >= 0.6 is 0 Å². The number of hydrogen-bond donors (Lipinski definition) is 0. The van der Waals surface area contributed by atoms with Gasteiger partial charge < -0.3 is 0 Å². The van der Waals surface area contributed by atoms with E-state index >= 15 is 0 Å².